The van der Waals surface area contributed by atoms with Gasteiger partial charge in [0.15, 0.2) is 0 Å². The van der Waals surface area contributed by atoms with E-state index in [2.05, 4.69) is 51.4 Å². The third-order valence-corrected chi connectivity index (χ3v) is 2.79. The van der Waals surface area contributed by atoms with Gasteiger partial charge in [-0.05, 0) is 18.6 Å². The zero-order chi connectivity index (χ0) is 12.8. The number of hydrogen-bond donors (Lipinski definition) is 1. The van der Waals surface area contributed by atoms with E-state index in [-0.39, 0.29) is 0 Å². The lowest BCUT2D eigenvalue weighted by Crippen LogP contribution is -2.23. The molecule has 0 aliphatic carbocycles. The summed E-state index contributed by atoms with van der Waals surface area (Å²) in [7, 11) is 1.83. The summed E-state index contributed by atoms with van der Waals surface area (Å²) in [4.78, 5) is 10.8. The van der Waals surface area contributed by atoms with Crippen molar-refractivity contribution in [2.75, 3.05) is 23.8 Å². The standard InChI is InChI=1S/C14H18N4/c1-3-18(11-12-7-5-4-6-8-12)13-9-10-16-14(15-2)17-13/h4-10H,3,11H2,1-2H3,(H,15,16,17). The van der Waals surface area contributed by atoms with Crippen LogP contribution in [0.25, 0.3) is 0 Å². The van der Waals surface area contributed by atoms with Crippen molar-refractivity contribution in [3.63, 3.8) is 0 Å². The molecular formula is C14H18N4. The average molecular weight is 242 g/mol. The van der Waals surface area contributed by atoms with Gasteiger partial charge in [0, 0.05) is 26.3 Å². The molecule has 4 nitrogen and oxygen atoms in total. The highest BCUT2D eigenvalue weighted by molar-refractivity contribution is 5.42. The molecule has 1 N–H and O–H groups in total. The Morgan fingerprint density at radius 3 is 2.61 bits per heavy atom. The van der Waals surface area contributed by atoms with Gasteiger partial charge < -0.3 is 10.2 Å². The molecule has 2 aromatic rings. The minimum atomic E-state index is 0.652. The van der Waals surface area contributed by atoms with Gasteiger partial charge in [0.1, 0.15) is 5.82 Å². The Kier molecular flexibility index (Phi) is 4.12. The van der Waals surface area contributed by atoms with Crippen LogP contribution in [0.2, 0.25) is 0 Å². The molecule has 4 heteroatoms. The second kappa shape index (κ2) is 6.00. The van der Waals surface area contributed by atoms with Gasteiger partial charge in [-0.3, -0.25) is 0 Å². The van der Waals surface area contributed by atoms with Crippen LogP contribution in [0.1, 0.15) is 12.5 Å². The Morgan fingerprint density at radius 1 is 1.17 bits per heavy atom. The number of anilines is 2. The molecule has 0 unspecified atom stereocenters. The van der Waals surface area contributed by atoms with Gasteiger partial charge in [0.2, 0.25) is 5.95 Å². The maximum Gasteiger partial charge on any atom is 0.224 e. The van der Waals surface area contributed by atoms with E-state index in [0.29, 0.717) is 5.95 Å². The molecule has 1 heterocycles. The van der Waals surface area contributed by atoms with Crippen molar-refractivity contribution in [1.29, 1.82) is 0 Å². The van der Waals surface area contributed by atoms with E-state index in [0.717, 1.165) is 18.9 Å². The molecule has 0 radical (unpaired) electrons. The first-order chi connectivity index (χ1) is 8.83. The summed E-state index contributed by atoms with van der Waals surface area (Å²) in [5.41, 5.74) is 1.28. The van der Waals surface area contributed by atoms with Gasteiger partial charge in [0.25, 0.3) is 0 Å². The minimum absolute atomic E-state index is 0.652. The fourth-order valence-corrected chi connectivity index (χ4v) is 1.80. The van der Waals surface area contributed by atoms with Crippen LogP contribution in [0.5, 0.6) is 0 Å². The number of nitrogens with zero attached hydrogens (tertiary/aromatic N) is 3. The number of benzene rings is 1. The first-order valence-corrected chi connectivity index (χ1v) is 6.13. The predicted molar refractivity (Wildman–Crippen MR) is 74.7 cm³/mol. The van der Waals surface area contributed by atoms with Crippen molar-refractivity contribution in [2.45, 2.75) is 13.5 Å². The van der Waals surface area contributed by atoms with Crippen LogP contribution in [-0.4, -0.2) is 23.6 Å². The van der Waals surface area contributed by atoms with Crippen LogP contribution in [0, 0.1) is 0 Å². The fourth-order valence-electron chi connectivity index (χ4n) is 1.80. The van der Waals surface area contributed by atoms with Crippen LogP contribution in [-0.2, 0) is 6.54 Å². The Hall–Kier alpha value is -2.10. The molecule has 0 amide bonds. The molecule has 0 saturated carbocycles. The van der Waals surface area contributed by atoms with E-state index in [9.17, 15) is 0 Å². The largest absolute Gasteiger partial charge is 0.357 e. The Balaban J connectivity index is 2.17. The van der Waals surface area contributed by atoms with E-state index in [4.69, 9.17) is 0 Å². The average Bonchev–Trinajstić information content (AvgIpc) is 2.46. The monoisotopic (exact) mass is 242 g/mol. The molecule has 0 aliphatic rings. The van der Waals surface area contributed by atoms with Gasteiger partial charge in [-0.2, -0.15) is 4.98 Å². The van der Waals surface area contributed by atoms with Crippen LogP contribution in [0.3, 0.4) is 0 Å². The first-order valence-electron chi connectivity index (χ1n) is 6.13. The maximum atomic E-state index is 4.46. The second-order valence-electron chi connectivity index (χ2n) is 3.99. The van der Waals surface area contributed by atoms with Crippen LogP contribution >= 0.6 is 0 Å². The van der Waals surface area contributed by atoms with E-state index >= 15 is 0 Å². The highest BCUT2D eigenvalue weighted by atomic mass is 15.2. The molecule has 1 aromatic heterocycles. The molecule has 0 fully saturated rings. The normalized spacial score (nSPS) is 10.1. The van der Waals surface area contributed by atoms with Crippen molar-refractivity contribution < 1.29 is 0 Å². The summed E-state index contributed by atoms with van der Waals surface area (Å²) in [6.07, 6.45) is 1.78. The lowest BCUT2D eigenvalue weighted by molar-refractivity contribution is 0.811. The smallest absolute Gasteiger partial charge is 0.224 e. The first kappa shape index (κ1) is 12.4. The second-order valence-corrected chi connectivity index (χ2v) is 3.99. The summed E-state index contributed by atoms with van der Waals surface area (Å²) in [5, 5.41) is 2.96. The van der Waals surface area contributed by atoms with Crippen molar-refractivity contribution in [1.82, 2.24) is 9.97 Å². The third-order valence-electron chi connectivity index (χ3n) is 2.79. The van der Waals surface area contributed by atoms with Gasteiger partial charge in [-0.15, -0.1) is 0 Å². The minimum Gasteiger partial charge on any atom is -0.357 e. The summed E-state index contributed by atoms with van der Waals surface area (Å²) in [6.45, 7) is 3.90. The number of hydrogen-bond acceptors (Lipinski definition) is 4. The quantitative estimate of drug-likeness (QED) is 0.874. The molecule has 0 bridgehead atoms. The predicted octanol–water partition coefficient (Wildman–Crippen LogP) is 2.54. The summed E-state index contributed by atoms with van der Waals surface area (Å²) < 4.78 is 0. The molecular weight excluding hydrogens is 224 g/mol. The van der Waals surface area contributed by atoms with Gasteiger partial charge >= 0.3 is 0 Å². The molecule has 1 aromatic carbocycles. The molecule has 0 atom stereocenters. The Labute approximate surface area is 108 Å². The van der Waals surface area contributed by atoms with Crippen LogP contribution < -0.4 is 10.2 Å². The van der Waals surface area contributed by atoms with Gasteiger partial charge in [-0.1, -0.05) is 30.3 Å². The van der Waals surface area contributed by atoms with E-state index < -0.39 is 0 Å². The number of aromatic nitrogens is 2. The van der Waals surface area contributed by atoms with E-state index in [1.165, 1.54) is 5.56 Å². The van der Waals surface area contributed by atoms with Crippen LogP contribution in [0.4, 0.5) is 11.8 Å². The van der Waals surface area contributed by atoms with Crippen LogP contribution in [0.15, 0.2) is 42.6 Å². The zero-order valence-corrected chi connectivity index (χ0v) is 10.8. The van der Waals surface area contributed by atoms with Gasteiger partial charge in [0.05, 0.1) is 0 Å². The van der Waals surface area contributed by atoms with Gasteiger partial charge in [-0.25, -0.2) is 4.98 Å². The maximum absolute atomic E-state index is 4.46. The summed E-state index contributed by atoms with van der Waals surface area (Å²) >= 11 is 0. The molecule has 0 saturated heterocycles. The number of rotatable bonds is 5. The van der Waals surface area contributed by atoms with Crippen molar-refractivity contribution in [3.8, 4) is 0 Å². The van der Waals surface area contributed by atoms with E-state index in [1.54, 1.807) is 6.20 Å². The summed E-state index contributed by atoms with van der Waals surface area (Å²) in [6, 6.07) is 12.3. The molecule has 0 spiro atoms. The topological polar surface area (TPSA) is 41.1 Å². The van der Waals surface area contributed by atoms with Crippen molar-refractivity contribution in [3.05, 3.63) is 48.2 Å². The highest BCUT2D eigenvalue weighted by Crippen LogP contribution is 2.15. The highest BCUT2D eigenvalue weighted by Gasteiger charge is 2.07. The molecule has 94 valence electrons. The molecule has 18 heavy (non-hydrogen) atoms. The SMILES string of the molecule is CCN(Cc1ccccc1)c1ccnc(NC)n1. The molecule has 2 rings (SSSR count). The molecule has 0 aliphatic heterocycles. The third kappa shape index (κ3) is 2.97. The number of nitrogens with one attached hydrogen (secondary N) is 1. The fraction of sp³-hybridized carbons (Fsp3) is 0.286. The lowest BCUT2D eigenvalue weighted by Gasteiger charge is -2.22. The lowest BCUT2D eigenvalue weighted by atomic mass is 10.2. The zero-order valence-electron chi connectivity index (χ0n) is 10.8. The Bertz CT molecular complexity index is 484. The van der Waals surface area contributed by atoms with Crippen molar-refractivity contribution in [2.24, 2.45) is 0 Å². The Morgan fingerprint density at radius 2 is 1.94 bits per heavy atom. The van der Waals surface area contributed by atoms with E-state index in [1.807, 2.05) is 19.2 Å². The van der Waals surface area contributed by atoms with Crippen molar-refractivity contribution >= 4 is 11.8 Å². The summed E-state index contributed by atoms with van der Waals surface area (Å²) in [5.74, 6) is 1.60.